The van der Waals surface area contributed by atoms with Crippen LogP contribution >= 0.6 is 0 Å². The van der Waals surface area contributed by atoms with Gasteiger partial charge in [0.25, 0.3) is 5.56 Å². The SMILES string of the molecule is CN1C(=O)Cc2cc(-c3cc(=O)[nH][nH]3)ccc21. The van der Waals surface area contributed by atoms with Gasteiger partial charge in [-0.1, -0.05) is 6.07 Å². The smallest absolute Gasteiger partial charge is 0.264 e. The molecule has 1 aliphatic heterocycles. The molecule has 0 atom stereocenters. The van der Waals surface area contributed by atoms with E-state index in [1.165, 1.54) is 6.07 Å². The van der Waals surface area contributed by atoms with Crippen LogP contribution in [0.15, 0.2) is 29.1 Å². The number of amides is 1. The highest BCUT2D eigenvalue weighted by Crippen LogP contribution is 2.30. The molecule has 0 aliphatic carbocycles. The quantitative estimate of drug-likeness (QED) is 0.762. The van der Waals surface area contributed by atoms with Crippen molar-refractivity contribution in [3.63, 3.8) is 0 Å². The molecule has 1 amide bonds. The third-order valence-electron chi connectivity index (χ3n) is 3.06. The molecule has 5 heteroatoms. The number of carbonyl (C=O) groups excluding carboxylic acids is 1. The molecule has 2 heterocycles. The molecule has 2 aromatic rings. The number of anilines is 1. The van der Waals surface area contributed by atoms with E-state index in [-0.39, 0.29) is 11.5 Å². The minimum Gasteiger partial charge on any atom is -0.315 e. The van der Waals surface area contributed by atoms with Crippen LogP contribution in [-0.2, 0) is 11.2 Å². The van der Waals surface area contributed by atoms with Gasteiger partial charge in [0.1, 0.15) is 0 Å². The van der Waals surface area contributed by atoms with Gasteiger partial charge in [-0.25, -0.2) is 0 Å². The van der Waals surface area contributed by atoms with E-state index in [0.29, 0.717) is 6.42 Å². The predicted molar refractivity (Wildman–Crippen MR) is 64.0 cm³/mol. The second kappa shape index (κ2) is 3.35. The Labute approximate surface area is 97.1 Å². The number of likely N-dealkylation sites (N-methyl/N-ethyl adjacent to an activating group) is 1. The lowest BCUT2D eigenvalue weighted by molar-refractivity contribution is -0.117. The summed E-state index contributed by atoms with van der Waals surface area (Å²) in [6, 6.07) is 7.24. The lowest BCUT2D eigenvalue weighted by atomic mass is 10.1. The zero-order valence-corrected chi connectivity index (χ0v) is 9.28. The number of carbonyl (C=O) groups is 1. The van der Waals surface area contributed by atoms with Crippen molar-refractivity contribution >= 4 is 11.6 Å². The summed E-state index contributed by atoms with van der Waals surface area (Å²) in [5, 5.41) is 5.29. The summed E-state index contributed by atoms with van der Waals surface area (Å²) in [6.07, 6.45) is 0.425. The lowest BCUT2D eigenvalue weighted by Crippen LogP contribution is -2.20. The third kappa shape index (κ3) is 1.47. The molecule has 5 nitrogen and oxygen atoms in total. The molecule has 0 saturated heterocycles. The number of benzene rings is 1. The van der Waals surface area contributed by atoms with Gasteiger partial charge >= 0.3 is 0 Å². The number of fused-ring (bicyclic) bond motifs is 1. The molecule has 2 N–H and O–H groups in total. The van der Waals surface area contributed by atoms with E-state index >= 15 is 0 Å². The first kappa shape index (κ1) is 9.89. The van der Waals surface area contributed by atoms with Crippen molar-refractivity contribution < 1.29 is 4.79 Å². The maximum absolute atomic E-state index is 11.5. The van der Waals surface area contributed by atoms with Crippen molar-refractivity contribution in [2.45, 2.75) is 6.42 Å². The van der Waals surface area contributed by atoms with Crippen molar-refractivity contribution in [1.82, 2.24) is 10.2 Å². The second-order valence-corrected chi connectivity index (χ2v) is 4.15. The van der Waals surface area contributed by atoms with Gasteiger partial charge in [-0.05, 0) is 17.7 Å². The molecule has 0 bridgehead atoms. The molecule has 0 unspecified atom stereocenters. The Kier molecular flexibility index (Phi) is 1.95. The summed E-state index contributed by atoms with van der Waals surface area (Å²) in [5.74, 6) is 0.0970. The summed E-state index contributed by atoms with van der Waals surface area (Å²) in [6.45, 7) is 0. The summed E-state index contributed by atoms with van der Waals surface area (Å²) in [7, 11) is 1.77. The summed E-state index contributed by atoms with van der Waals surface area (Å²) >= 11 is 0. The van der Waals surface area contributed by atoms with Gasteiger partial charge in [0.2, 0.25) is 5.91 Å². The molecule has 0 fully saturated rings. The Morgan fingerprint density at radius 2 is 2.00 bits per heavy atom. The van der Waals surface area contributed by atoms with Gasteiger partial charge < -0.3 is 4.90 Å². The fraction of sp³-hybridized carbons (Fsp3) is 0.167. The van der Waals surface area contributed by atoms with Crippen LogP contribution in [0.1, 0.15) is 5.56 Å². The molecular weight excluding hydrogens is 218 g/mol. The topological polar surface area (TPSA) is 69.0 Å². The molecular formula is C12H11N3O2. The number of aromatic nitrogens is 2. The van der Waals surface area contributed by atoms with Gasteiger partial charge in [-0.15, -0.1) is 0 Å². The first-order valence-corrected chi connectivity index (χ1v) is 5.33. The summed E-state index contributed by atoms with van der Waals surface area (Å²) in [4.78, 5) is 24.2. The largest absolute Gasteiger partial charge is 0.315 e. The standard InChI is InChI=1S/C12H11N3O2/c1-15-10-3-2-7(4-8(10)5-12(15)17)9-6-11(16)14-13-9/h2-4,6H,5H2,1H3,(H2,13,14,16). The highest BCUT2D eigenvalue weighted by atomic mass is 16.2. The van der Waals surface area contributed by atoms with E-state index in [0.717, 1.165) is 22.5 Å². The van der Waals surface area contributed by atoms with Crippen molar-refractivity contribution in [3.05, 3.63) is 40.2 Å². The highest BCUT2D eigenvalue weighted by Gasteiger charge is 2.24. The van der Waals surface area contributed by atoms with Crippen molar-refractivity contribution in [1.29, 1.82) is 0 Å². The van der Waals surface area contributed by atoms with Crippen LogP contribution in [0.2, 0.25) is 0 Å². The number of aromatic amines is 2. The Hall–Kier alpha value is -2.30. The van der Waals surface area contributed by atoms with Crippen LogP contribution in [0, 0.1) is 0 Å². The average Bonchev–Trinajstić information content (AvgIpc) is 2.85. The van der Waals surface area contributed by atoms with Crippen molar-refractivity contribution in [3.8, 4) is 11.3 Å². The molecule has 3 rings (SSSR count). The fourth-order valence-electron chi connectivity index (χ4n) is 2.13. The van der Waals surface area contributed by atoms with Crippen LogP contribution < -0.4 is 10.5 Å². The van der Waals surface area contributed by atoms with E-state index in [2.05, 4.69) is 10.2 Å². The minimum atomic E-state index is -0.159. The zero-order valence-electron chi connectivity index (χ0n) is 9.28. The number of nitrogens with zero attached hydrogens (tertiary/aromatic N) is 1. The molecule has 1 aliphatic rings. The van der Waals surface area contributed by atoms with Gasteiger partial charge in [0.15, 0.2) is 0 Å². The Bertz CT molecular complexity index is 654. The summed E-state index contributed by atoms with van der Waals surface area (Å²) < 4.78 is 0. The van der Waals surface area contributed by atoms with Crippen LogP contribution in [0.5, 0.6) is 0 Å². The number of hydrogen-bond donors (Lipinski definition) is 2. The Balaban J connectivity index is 2.09. The van der Waals surface area contributed by atoms with Crippen LogP contribution in [-0.4, -0.2) is 23.2 Å². The molecule has 0 saturated carbocycles. The maximum atomic E-state index is 11.5. The van der Waals surface area contributed by atoms with Crippen LogP contribution in [0.25, 0.3) is 11.3 Å². The number of rotatable bonds is 1. The molecule has 1 aromatic carbocycles. The zero-order chi connectivity index (χ0) is 12.0. The molecule has 1 aromatic heterocycles. The van der Waals surface area contributed by atoms with Gasteiger partial charge in [0.05, 0.1) is 12.1 Å². The Morgan fingerprint density at radius 1 is 1.18 bits per heavy atom. The first-order chi connectivity index (χ1) is 8.15. The monoisotopic (exact) mass is 229 g/mol. The average molecular weight is 229 g/mol. The van der Waals surface area contributed by atoms with E-state index in [1.54, 1.807) is 11.9 Å². The highest BCUT2D eigenvalue weighted by molar-refractivity contribution is 6.01. The first-order valence-electron chi connectivity index (χ1n) is 5.33. The summed E-state index contributed by atoms with van der Waals surface area (Å²) in [5.41, 5.74) is 3.42. The van der Waals surface area contributed by atoms with Crippen molar-refractivity contribution in [2.75, 3.05) is 11.9 Å². The van der Waals surface area contributed by atoms with Gasteiger partial charge in [0, 0.05) is 24.4 Å². The molecule has 86 valence electrons. The number of hydrogen-bond acceptors (Lipinski definition) is 2. The normalized spacial score (nSPS) is 14.2. The predicted octanol–water partition coefficient (Wildman–Crippen LogP) is 0.889. The number of nitrogens with one attached hydrogen (secondary N) is 2. The van der Waals surface area contributed by atoms with E-state index in [1.807, 2.05) is 18.2 Å². The second-order valence-electron chi connectivity index (χ2n) is 4.15. The lowest BCUT2D eigenvalue weighted by Gasteiger charge is -2.09. The fourth-order valence-corrected chi connectivity index (χ4v) is 2.13. The van der Waals surface area contributed by atoms with E-state index in [9.17, 15) is 9.59 Å². The van der Waals surface area contributed by atoms with Crippen LogP contribution in [0.3, 0.4) is 0 Å². The minimum absolute atomic E-state index is 0.0970. The van der Waals surface area contributed by atoms with Gasteiger partial charge in [-0.2, -0.15) is 0 Å². The number of H-pyrrole nitrogens is 2. The van der Waals surface area contributed by atoms with Gasteiger partial charge in [-0.3, -0.25) is 19.8 Å². The third-order valence-corrected chi connectivity index (χ3v) is 3.06. The van der Waals surface area contributed by atoms with Crippen molar-refractivity contribution in [2.24, 2.45) is 0 Å². The van der Waals surface area contributed by atoms with E-state index < -0.39 is 0 Å². The molecule has 17 heavy (non-hydrogen) atoms. The molecule has 0 spiro atoms. The van der Waals surface area contributed by atoms with Crippen LogP contribution in [0.4, 0.5) is 5.69 Å². The maximum Gasteiger partial charge on any atom is 0.264 e. The Morgan fingerprint density at radius 3 is 2.71 bits per heavy atom. The molecule has 0 radical (unpaired) electrons. The van der Waals surface area contributed by atoms with E-state index in [4.69, 9.17) is 0 Å².